The first-order chi connectivity index (χ1) is 5.75. The van der Waals surface area contributed by atoms with Crippen LogP contribution < -0.4 is 0 Å². The van der Waals surface area contributed by atoms with Crippen molar-refractivity contribution in [1.29, 1.82) is 0 Å². The minimum Gasteiger partial charge on any atom is -0.388 e. The van der Waals surface area contributed by atoms with Crippen molar-refractivity contribution in [2.45, 2.75) is 53.2 Å². The zero-order valence-electron chi connectivity index (χ0n) is 9.79. The Labute approximate surface area is 82.3 Å². The van der Waals surface area contributed by atoms with E-state index in [0.717, 1.165) is 0 Å². The van der Waals surface area contributed by atoms with Crippen molar-refractivity contribution in [3.8, 4) is 0 Å². The van der Waals surface area contributed by atoms with Crippen LogP contribution in [0.4, 0.5) is 0 Å². The number of hydrogen-bond acceptors (Lipinski definition) is 2. The molecule has 2 heteroatoms. The molecule has 0 fully saturated rings. The molecule has 1 atom stereocenters. The highest BCUT2D eigenvalue weighted by Crippen LogP contribution is 2.20. The predicted molar refractivity (Wildman–Crippen MR) is 55.7 cm³/mol. The minimum absolute atomic E-state index is 0.0742. The van der Waals surface area contributed by atoms with Crippen molar-refractivity contribution in [2.75, 3.05) is 6.61 Å². The van der Waals surface area contributed by atoms with Crippen LogP contribution in [0.1, 0.15) is 41.5 Å². The number of rotatable bonds is 5. The van der Waals surface area contributed by atoms with Gasteiger partial charge >= 0.3 is 0 Å². The average molecular weight is 188 g/mol. The van der Waals surface area contributed by atoms with Gasteiger partial charge in [-0.05, 0) is 25.7 Å². The van der Waals surface area contributed by atoms with Gasteiger partial charge in [0, 0.05) is 6.61 Å². The van der Waals surface area contributed by atoms with Gasteiger partial charge in [-0.3, -0.25) is 0 Å². The standard InChI is InChI=1S/C11H24O2/c1-8(2)7-13-10(9(3)4)11(5,6)12/h8-10,12H,7H2,1-6H3/t10-/m0/s1. The lowest BCUT2D eigenvalue weighted by molar-refractivity contribution is -0.114. The molecule has 0 aliphatic heterocycles. The summed E-state index contributed by atoms with van der Waals surface area (Å²) < 4.78 is 5.68. The number of aliphatic hydroxyl groups is 1. The third-order valence-corrected chi connectivity index (χ3v) is 1.91. The maximum Gasteiger partial charge on any atom is 0.0879 e. The van der Waals surface area contributed by atoms with Crippen LogP contribution >= 0.6 is 0 Å². The van der Waals surface area contributed by atoms with Crippen LogP contribution in [-0.2, 0) is 4.74 Å². The van der Waals surface area contributed by atoms with Gasteiger partial charge in [-0.15, -0.1) is 0 Å². The van der Waals surface area contributed by atoms with Crippen molar-refractivity contribution in [3.05, 3.63) is 0 Å². The summed E-state index contributed by atoms with van der Waals surface area (Å²) in [6.07, 6.45) is -0.0742. The summed E-state index contributed by atoms with van der Waals surface area (Å²) in [7, 11) is 0. The largest absolute Gasteiger partial charge is 0.388 e. The molecule has 2 nitrogen and oxygen atoms in total. The van der Waals surface area contributed by atoms with E-state index < -0.39 is 5.60 Å². The van der Waals surface area contributed by atoms with Crippen LogP contribution in [0.3, 0.4) is 0 Å². The molecule has 0 rings (SSSR count). The third kappa shape index (κ3) is 5.27. The van der Waals surface area contributed by atoms with E-state index in [0.29, 0.717) is 18.4 Å². The molecule has 0 aromatic carbocycles. The number of hydrogen-bond donors (Lipinski definition) is 1. The second-order valence-electron chi connectivity index (χ2n) is 5.05. The molecule has 0 bridgehead atoms. The van der Waals surface area contributed by atoms with Gasteiger partial charge in [-0.2, -0.15) is 0 Å². The summed E-state index contributed by atoms with van der Waals surface area (Å²) in [5, 5.41) is 9.84. The van der Waals surface area contributed by atoms with Crippen LogP contribution in [0.2, 0.25) is 0 Å². The van der Waals surface area contributed by atoms with Gasteiger partial charge in [0.2, 0.25) is 0 Å². The first kappa shape index (κ1) is 12.9. The van der Waals surface area contributed by atoms with E-state index in [2.05, 4.69) is 27.7 Å². The Bertz CT molecular complexity index is 134. The van der Waals surface area contributed by atoms with E-state index in [-0.39, 0.29) is 6.10 Å². The van der Waals surface area contributed by atoms with Crippen LogP contribution in [0.5, 0.6) is 0 Å². The molecule has 0 aromatic heterocycles. The van der Waals surface area contributed by atoms with E-state index >= 15 is 0 Å². The first-order valence-electron chi connectivity index (χ1n) is 5.09. The van der Waals surface area contributed by atoms with Gasteiger partial charge in [0.15, 0.2) is 0 Å². The van der Waals surface area contributed by atoms with Gasteiger partial charge in [0.1, 0.15) is 0 Å². The Morgan fingerprint density at radius 3 is 1.85 bits per heavy atom. The molecule has 0 unspecified atom stereocenters. The SMILES string of the molecule is CC(C)CO[C@@H](C(C)C)C(C)(C)O. The topological polar surface area (TPSA) is 29.5 Å². The van der Waals surface area contributed by atoms with Crippen LogP contribution in [0.15, 0.2) is 0 Å². The fourth-order valence-corrected chi connectivity index (χ4v) is 1.51. The smallest absolute Gasteiger partial charge is 0.0879 e. The lowest BCUT2D eigenvalue weighted by atomic mass is 9.92. The Hall–Kier alpha value is -0.0800. The molecule has 0 aromatic rings. The van der Waals surface area contributed by atoms with Crippen molar-refractivity contribution < 1.29 is 9.84 Å². The van der Waals surface area contributed by atoms with Gasteiger partial charge in [0.25, 0.3) is 0 Å². The molecule has 13 heavy (non-hydrogen) atoms. The maximum absolute atomic E-state index is 9.84. The fourth-order valence-electron chi connectivity index (χ4n) is 1.51. The van der Waals surface area contributed by atoms with E-state index in [1.807, 2.05) is 0 Å². The average Bonchev–Trinajstić information content (AvgIpc) is 1.81. The normalized spacial score (nSPS) is 15.5. The lowest BCUT2D eigenvalue weighted by Gasteiger charge is -2.33. The second-order valence-corrected chi connectivity index (χ2v) is 5.05. The van der Waals surface area contributed by atoms with Crippen molar-refractivity contribution in [3.63, 3.8) is 0 Å². The Morgan fingerprint density at radius 2 is 1.62 bits per heavy atom. The third-order valence-electron chi connectivity index (χ3n) is 1.91. The minimum atomic E-state index is -0.747. The van der Waals surface area contributed by atoms with Gasteiger partial charge in [0.05, 0.1) is 11.7 Å². The Morgan fingerprint density at radius 1 is 1.15 bits per heavy atom. The molecule has 0 spiro atoms. The maximum atomic E-state index is 9.84. The molecule has 0 heterocycles. The fraction of sp³-hybridized carbons (Fsp3) is 1.00. The molecule has 0 aliphatic carbocycles. The summed E-state index contributed by atoms with van der Waals surface area (Å²) in [5.41, 5.74) is -0.747. The molecular weight excluding hydrogens is 164 g/mol. The van der Waals surface area contributed by atoms with Crippen LogP contribution in [0, 0.1) is 11.8 Å². The Balaban J connectivity index is 4.12. The summed E-state index contributed by atoms with van der Waals surface area (Å²) >= 11 is 0. The van der Waals surface area contributed by atoms with Crippen molar-refractivity contribution >= 4 is 0 Å². The van der Waals surface area contributed by atoms with Crippen molar-refractivity contribution in [1.82, 2.24) is 0 Å². The second kappa shape index (κ2) is 4.97. The van der Waals surface area contributed by atoms with Gasteiger partial charge < -0.3 is 9.84 Å². The summed E-state index contributed by atoms with van der Waals surface area (Å²) in [6, 6.07) is 0. The van der Waals surface area contributed by atoms with E-state index in [4.69, 9.17) is 4.74 Å². The zero-order valence-corrected chi connectivity index (χ0v) is 9.79. The predicted octanol–water partition coefficient (Wildman–Crippen LogP) is 2.45. The first-order valence-corrected chi connectivity index (χ1v) is 5.09. The monoisotopic (exact) mass is 188 g/mol. The zero-order chi connectivity index (χ0) is 10.6. The summed E-state index contributed by atoms with van der Waals surface area (Å²) in [5.74, 6) is 0.863. The van der Waals surface area contributed by atoms with Gasteiger partial charge in [-0.25, -0.2) is 0 Å². The van der Waals surface area contributed by atoms with Gasteiger partial charge in [-0.1, -0.05) is 27.7 Å². The van der Waals surface area contributed by atoms with E-state index in [9.17, 15) is 5.11 Å². The van der Waals surface area contributed by atoms with Crippen LogP contribution in [-0.4, -0.2) is 23.4 Å². The summed E-state index contributed by atoms with van der Waals surface area (Å²) in [6.45, 7) is 12.7. The van der Waals surface area contributed by atoms with Crippen LogP contribution in [0.25, 0.3) is 0 Å². The lowest BCUT2D eigenvalue weighted by Crippen LogP contribution is -2.42. The van der Waals surface area contributed by atoms with E-state index in [1.54, 1.807) is 13.8 Å². The molecule has 80 valence electrons. The van der Waals surface area contributed by atoms with Crippen molar-refractivity contribution in [2.24, 2.45) is 11.8 Å². The highest BCUT2D eigenvalue weighted by Gasteiger charge is 2.30. The molecular formula is C11H24O2. The number of ether oxygens (including phenoxy) is 1. The Kier molecular flexibility index (Phi) is 4.93. The quantitative estimate of drug-likeness (QED) is 0.718. The highest BCUT2D eigenvalue weighted by atomic mass is 16.5. The molecule has 0 radical (unpaired) electrons. The molecule has 0 saturated heterocycles. The molecule has 1 N–H and O–H groups in total. The molecule has 0 amide bonds. The van der Waals surface area contributed by atoms with E-state index in [1.165, 1.54) is 0 Å². The molecule has 0 aliphatic rings. The molecule has 0 saturated carbocycles. The highest BCUT2D eigenvalue weighted by molar-refractivity contribution is 4.80. The summed E-state index contributed by atoms with van der Waals surface area (Å²) in [4.78, 5) is 0.